The Kier molecular flexibility index (Phi) is 6.27. The van der Waals surface area contributed by atoms with E-state index >= 15 is 0 Å². The van der Waals surface area contributed by atoms with E-state index in [2.05, 4.69) is 66.1 Å². The maximum Gasteiger partial charge on any atom is 0.250 e. The molecule has 0 saturated carbocycles. The van der Waals surface area contributed by atoms with Gasteiger partial charge < -0.3 is 30.2 Å². The number of amides is 1. The third kappa shape index (κ3) is 5.22. The van der Waals surface area contributed by atoms with Crippen LogP contribution in [0.5, 0.6) is 11.6 Å². The van der Waals surface area contributed by atoms with Crippen molar-refractivity contribution < 1.29 is 9.53 Å². The van der Waals surface area contributed by atoms with Crippen molar-refractivity contribution in [2.24, 2.45) is 0 Å². The highest BCUT2D eigenvalue weighted by atomic mass is 16.5. The number of nitrogens with one attached hydrogen (secondary N) is 3. The second-order valence-electron chi connectivity index (χ2n) is 8.24. The van der Waals surface area contributed by atoms with Crippen LogP contribution in [0.2, 0.25) is 0 Å². The van der Waals surface area contributed by atoms with Crippen LogP contribution in [-0.2, 0) is 4.79 Å². The van der Waals surface area contributed by atoms with Crippen molar-refractivity contribution in [1.82, 2.24) is 24.8 Å². The SMILES string of the molecule is C=CC(=O)Nc1ccc(Oc2nc(Nc3ccc(N4CCN(C)CC4)cc3)nc3nc[nH]c23)cc1. The highest BCUT2D eigenvalue weighted by Crippen LogP contribution is 2.29. The number of piperazine rings is 1. The third-order valence-electron chi connectivity index (χ3n) is 5.77. The van der Waals surface area contributed by atoms with Gasteiger partial charge in [-0.05, 0) is 61.7 Å². The molecule has 0 radical (unpaired) electrons. The quantitative estimate of drug-likeness (QED) is 0.350. The molecule has 2 aromatic heterocycles. The first-order valence-corrected chi connectivity index (χ1v) is 11.3. The molecular formula is C25H26N8O2. The van der Waals surface area contributed by atoms with Crippen molar-refractivity contribution in [2.45, 2.75) is 0 Å². The fraction of sp³-hybridized carbons (Fsp3) is 0.200. The Hall–Kier alpha value is -4.44. The molecule has 0 aliphatic carbocycles. The number of hydrogen-bond donors (Lipinski definition) is 3. The predicted molar refractivity (Wildman–Crippen MR) is 136 cm³/mol. The van der Waals surface area contributed by atoms with Gasteiger partial charge in [0.25, 0.3) is 5.88 Å². The van der Waals surface area contributed by atoms with Crippen LogP contribution < -0.4 is 20.3 Å². The summed E-state index contributed by atoms with van der Waals surface area (Å²) in [4.78, 5) is 32.5. The Bertz CT molecular complexity index is 1330. The van der Waals surface area contributed by atoms with E-state index in [1.165, 1.54) is 11.8 Å². The van der Waals surface area contributed by atoms with Crippen molar-refractivity contribution in [3.05, 3.63) is 67.5 Å². The lowest BCUT2D eigenvalue weighted by atomic mass is 10.2. The Labute approximate surface area is 202 Å². The number of likely N-dealkylation sites (N-methyl/N-ethyl adjacent to an activating group) is 1. The van der Waals surface area contributed by atoms with E-state index in [9.17, 15) is 4.79 Å². The zero-order valence-corrected chi connectivity index (χ0v) is 19.4. The van der Waals surface area contributed by atoms with E-state index in [0.29, 0.717) is 34.4 Å². The molecule has 3 heterocycles. The minimum Gasteiger partial charge on any atom is -0.437 e. The summed E-state index contributed by atoms with van der Waals surface area (Å²) in [5.41, 5.74) is 3.78. The number of fused-ring (bicyclic) bond motifs is 1. The molecule has 2 aromatic carbocycles. The average Bonchev–Trinajstić information content (AvgIpc) is 3.35. The lowest BCUT2D eigenvalue weighted by Crippen LogP contribution is -2.44. The Morgan fingerprint density at radius 3 is 2.46 bits per heavy atom. The van der Waals surface area contributed by atoms with Gasteiger partial charge in [-0.2, -0.15) is 9.97 Å². The summed E-state index contributed by atoms with van der Waals surface area (Å²) < 4.78 is 6.02. The van der Waals surface area contributed by atoms with Gasteiger partial charge in [0, 0.05) is 43.2 Å². The van der Waals surface area contributed by atoms with Crippen molar-refractivity contribution >= 4 is 40.1 Å². The standard InChI is InChI=1S/C25H26N8O2/c1-3-21(34)28-17-6-10-20(11-7-17)35-24-22-23(27-16-26-22)30-25(31-24)29-18-4-8-19(9-5-18)33-14-12-32(2)13-15-33/h3-11,16H,1,12-15H2,2H3,(H,28,34)(H2,26,27,29,30,31). The van der Waals surface area contributed by atoms with E-state index in [-0.39, 0.29) is 5.91 Å². The van der Waals surface area contributed by atoms with Gasteiger partial charge in [0.05, 0.1) is 6.33 Å². The monoisotopic (exact) mass is 470 g/mol. The van der Waals surface area contributed by atoms with Crippen LogP contribution in [0.1, 0.15) is 0 Å². The third-order valence-corrected chi connectivity index (χ3v) is 5.77. The molecule has 0 atom stereocenters. The molecule has 1 aliphatic rings. The molecule has 1 aliphatic heterocycles. The van der Waals surface area contributed by atoms with Crippen LogP contribution in [0.15, 0.2) is 67.5 Å². The number of anilines is 4. The number of aromatic amines is 1. The number of benzene rings is 2. The molecule has 1 saturated heterocycles. The molecule has 0 spiro atoms. The second-order valence-corrected chi connectivity index (χ2v) is 8.24. The van der Waals surface area contributed by atoms with Crippen LogP contribution in [0.4, 0.5) is 23.0 Å². The summed E-state index contributed by atoms with van der Waals surface area (Å²) in [7, 11) is 2.15. The van der Waals surface area contributed by atoms with Crippen LogP contribution in [0.3, 0.4) is 0 Å². The first-order chi connectivity index (χ1) is 17.1. The molecule has 0 unspecified atom stereocenters. The number of carbonyl (C=O) groups excluding carboxylic acids is 1. The normalized spacial score (nSPS) is 14.0. The van der Waals surface area contributed by atoms with Gasteiger partial charge in [-0.15, -0.1) is 0 Å². The minimum atomic E-state index is -0.277. The Balaban J connectivity index is 1.32. The van der Waals surface area contributed by atoms with Crippen molar-refractivity contribution in [3.8, 4) is 11.6 Å². The number of imidazole rings is 1. The van der Waals surface area contributed by atoms with Gasteiger partial charge in [0.15, 0.2) is 5.65 Å². The number of ether oxygens (including phenoxy) is 1. The fourth-order valence-electron chi connectivity index (χ4n) is 3.80. The van der Waals surface area contributed by atoms with Crippen molar-refractivity contribution in [2.75, 3.05) is 48.8 Å². The molecule has 178 valence electrons. The average molecular weight is 471 g/mol. The van der Waals surface area contributed by atoms with E-state index < -0.39 is 0 Å². The number of hydrogen-bond acceptors (Lipinski definition) is 8. The van der Waals surface area contributed by atoms with Crippen LogP contribution in [0.25, 0.3) is 11.2 Å². The lowest BCUT2D eigenvalue weighted by Gasteiger charge is -2.34. The van der Waals surface area contributed by atoms with E-state index in [1.807, 2.05) is 12.1 Å². The molecule has 35 heavy (non-hydrogen) atoms. The molecule has 1 fully saturated rings. The Morgan fingerprint density at radius 2 is 1.74 bits per heavy atom. The zero-order valence-electron chi connectivity index (χ0n) is 19.4. The first kappa shape index (κ1) is 22.4. The van der Waals surface area contributed by atoms with Crippen LogP contribution in [-0.4, -0.2) is 64.0 Å². The molecule has 1 amide bonds. The molecule has 5 rings (SSSR count). The van der Waals surface area contributed by atoms with Gasteiger partial charge in [-0.1, -0.05) is 6.58 Å². The highest BCUT2D eigenvalue weighted by molar-refractivity contribution is 5.98. The first-order valence-electron chi connectivity index (χ1n) is 11.3. The summed E-state index contributed by atoms with van der Waals surface area (Å²) in [6.07, 6.45) is 2.77. The fourth-order valence-corrected chi connectivity index (χ4v) is 3.80. The largest absolute Gasteiger partial charge is 0.437 e. The van der Waals surface area contributed by atoms with E-state index in [0.717, 1.165) is 31.9 Å². The zero-order chi connectivity index (χ0) is 24.2. The second kappa shape index (κ2) is 9.82. The highest BCUT2D eigenvalue weighted by Gasteiger charge is 2.15. The molecular weight excluding hydrogens is 444 g/mol. The number of carbonyl (C=O) groups is 1. The molecule has 3 N–H and O–H groups in total. The Morgan fingerprint density at radius 1 is 1.03 bits per heavy atom. The number of aromatic nitrogens is 4. The summed E-state index contributed by atoms with van der Waals surface area (Å²) in [6.45, 7) is 7.61. The van der Waals surface area contributed by atoms with Gasteiger partial charge in [-0.3, -0.25) is 4.79 Å². The van der Waals surface area contributed by atoms with Crippen LogP contribution in [0, 0.1) is 0 Å². The predicted octanol–water partition coefficient (Wildman–Crippen LogP) is 3.77. The summed E-state index contributed by atoms with van der Waals surface area (Å²) in [5, 5.41) is 5.95. The van der Waals surface area contributed by atoms with E-state index in [4.69, 9.17) is 4.74 Å². The topological polar surface area (TPSA) is 111 Å². The maximum atomic E-state index is 11.5. The van der Waals surface area contributed by atoms with Gasteiger partial charge in [0.2, 0.25) is 11.9 Å². The minimum absolute atomic E-state index is 0.277. The number of H-pyrrole nitrogens is 1. The number of nitrogens with zero attached hydrogens (tertiary/aromatic N) is 5. The van der Waals surface area contributed by atoms with Crippen LogP contribution >= 0.6 is 0 Å². The number of rotatable bonds is 7. The maximum absolute atomic E-state index is 11.5. The van der Waals surface area contributed by atoms with E-state index in [1.54, 1.807) is 30.6 Å². The van der Waals surface area contributed by atoms with Gasteiger partial charge in [-0.25, -0.2) is 4.98 Å². The van der Waals surface area contributed by atoms with Gasteiger partial charge >= 0.3 is 0 Å². The summed E-state index contributed by atoms with van der Waals surface area (Å²) in [5.74, 6) is 0.994. The summed E-state index contributed by atoms with van der Waals surface area (Å²) >= 11 is 0. The molecule has 4 aromatic rings. The molecule has 0 bridgehead atoms. The van der Waals surface area contributed by atoms with Crippen molar-refractivity contribution in [3.63, 3.8) is 0 Å². The molecule has 10 heteroatoms. The smallest absolute Gasteiger partial charge is 0.250 e. The van der Waals surface area contributed by atoms with Gasteiger partial charge in [0.1, 0.15) is 11.3 Å². The molecule has 10 nitrogen and oxygen atoms in total. The lowest BCUT2D eigenvalue weighted by molar-refractivity contribution is -0.111. The van der Waals surface area contributed by atoms with Crippen molar-refractivity contribution in [1.29, 1.82) is 0 Å². The summed E-state index contributed by atoms with van der Waals surface area (Å²) in [6, 6.07) is 15.2.